The molecule has 0 spiro atoms. The van der Waals surface area contributed by atoms with Crippen molar-refractivity contribution in [3.05, 3.63) is 110 Å². The summed E-state index contributed by atoms with van der Waals surface area (Å²) < 4.78 is 5.23. The minimum atomic E-state index is -1.10. The molecule has 0 radical (unpaired) electrons. The van der Waals surface area contributed by atoms with Gasteiger partial charge in [-0.25, -0.2) is 4.79 Å². The lowest BCUT2D eigenvalue weighted by Gasteiger charge is -2.29. The van der Waals surface area contributed by atoms with E-state index in [1.54, 1.807) is 13.2 Å². The standard InChI is InChI=1S/C28H23Cl2NO4S/c1-35-22-10-7-19(8-11-22)20-14-23(36-17-20)16-31(27(32)24-12-9-21(29)15-25(24)30)26(28(33)34)13-18-5-3-2-4-6-18/h2-12,14-15,17,26H,13,16H2,1H3,(H,33,34). The highest BCUT2D eigenvalue weighted by molar-refractivity contribution is 7.10. The van der Waals surface area contributed by atoms with Crippen molar-refractivity contribution in [2.45, 2.75) is 19.0 Å². The van der Waals surface area contributed by atoms with E-state index in [2.05, 4.69) is 0 Å². The van der Waals surface area contributed by atoms with E-state index in [-0.39, 0.29) is 23.6 Å². The summed E-state index contributed by atoms with van der Waals surface area (Å²) in [5.41, 5.74) is 2.99. The zero-order valence-corrected chi connectivity index (χ0v) is 21.7. The van der Waals surface area contributed by atoms with Crippen molar-refractivity contribution in [1.29, 1.82) is 0 Å². The number of ether oxygens (including phenoxy) is 1. The summed E-state index contributed by atoms with van der Waals surface area (Å²) >= 11 is 13.8. The van der Waals surface area contributed by atoms with Crippen molar-refractivity contribution in [3.63, 3.8) is 0 Å². The molecule has 1 unspecified atom stereocenters. The zero-order valence-electron chi connectivity index (χ0n) is 19.4. The lowest BCUT2D eigenvalue weighted by Crippen LogP contribution is -2.46. The van der Waals surface area contributed by atoms with E-state index in [4.69, 9.17) is 27.9 Å². The summed E-state index contributed by atoms with van der Waals surface area (Å²) in [6.45, 7) is 0.114. The lowest BCUT2D eigenvalue weighted by molar-refractivity contribution is -0.142. The van der Waals surface area contributed by atoms with Crippen LogP contribution in [-0.2, 0) is 17.8 Å². The van der Waals surface area contributed by atoms with Crippen LogP contribution in [0.25, 0.3) is 11.1 Å². The van der Waals surface area contributed by atoms with Gasteiger partial charge in [0.05, 0.1) is 24.2 Å². The van der Waals surface area contributed by atoms with Gasteiger partial charge in [-0.2, -0.15) is 0 Å². The Hall–Kier alpha value is -3.32. The van der Waals surface area contributed by atoms with Gasteiger partial charge in [0, 0.05) is 16.3 Å². The van der Waals surface area contributed by atoms with Crippen LogP contribution in [0.1, 0.15) is 20.8 Å². The Morgan fingerprint density at radius 1 is 0.972 bits per heavy atom. The van der Waals surface area contributed by atoms with E-state index >= 15 is 0 Å². The number of hydrogen-bond donors (Lipinski definition) is 1. The van der Waals surface area contributed by atoms with Crippen molar-refractivity contribution in [2.24, 2.45) is 0 Å². The quantitative estimate of drug-likeness (QED) is 0.247. The van der Waals surface area contributed by atoms with Gasteiger partial charge >= 0.3 is 5.97 Å². The molecule has 0 aliphatic rings. The normalized spacial score (nSPS) is 11.6. The molecule has 1 amide bonds. The number of hydrogen-bond acceptors (Lipinski definition) is 4. The Labute approximate surface area is 223 Å². The number of benzene rings is 3. The minimum absolute atomic E-state index is 0.114. The Morgan fingerprint density at radius 3 is 2.33 bits per heavy atom. The molecule has 1 aromatic heterocycles. The molecule has 8 heteroatoms. The second-order valence-electron chi connectivity index (χ2n) is 8.13. The number of halogens is 2. The molecule has 184 valence electrons. The van der Waals surface area contributed by atoms with Crippen molar-refractivity contribution in [1.82, 2.24) is 4.90 Å². The molecule has 3 aromatic carbocycles. The zero-order chi connectivity index (χ0) is 25.7. The van der Waals surface area contributed by atoms with Crippen LogP contribution in [0.5, 0.6) is 5.75 Å². The second kappa shape index (κ2) is 11.6. The van der Waals surface area contributed by atoms with Gasteiger partial charge < -0.3 is 14.7 Å². The molecule has 0 aliphatic carbocycles. The lowest BCUT2D eigenvalue weighted by atomic mass is 10.0. The van der Waals surface area contributed by atoms with Gasteiger partial charge in [-0.1, -0.05) is 65.7 Å². The van der Waals surface area contributed by atoms with E-state index in [0.717, 1.165) is 27.3 Å². The fourth-order valence-electron chi connectivity index (χ4n) is 3.88. The molecule has 1 atom stereocenters. The summed E-state index contributed by atoms with van der Waals surface area (Å²) in [5, 5.41) is 12.7. The second-order valence-corrected chi connectivity index (χ2v) is 9.97. The number of carboxylic acids is 1. The Kier molecular flexibility index (Phi) is 8.31. The molecule has 4 rings (SSSR count). The van der Waals surface area contributed by atoms with Crippen LogP contribution in [-0.4, -0.2) is 35.0 Å². The number of thiophene rings is 1. The summed E-state index contributed by atoms with van der Waals surface area (Å²) in [5.74, 6) is -0.806. The first-order chi connectivity index (χ1) is 17.4. The van der Waals surface area contributed by atoms with Crippen molar-refractivity contribution >= 4 is 46.4 Å². The van der Waals surface area contributed by atoms with Gasteiger partial charge in [0.15, 0.2) is 0 Å². The molecular weight excluding hydrogens is 517 g/mol. The number of amides is 1. The number of nitrogens with zero attached hydrogens (tertiary/aromatic N) is 1. The van der Waals surface area contributed by atoms with Gasteiger partial charge in [-0.15, -0.1) is 11.3 Å². The maximum atomic E-state index is 13.7. The SMILES string of the molecule is COc1ccc(-c2csc(CN(C(=O)c3ccc(Cl)cc3Cl)C(Cc3ccccc3)C(=O)O)c2)cc1. The predicted molar refractivity (Wildman–Crippen MR) is 144 cm³/mol. The van der Waals surface area contributed by atoms with E-state index in [1.807, 2.05) is 66.0 Å². The maximum absolute atomic E-state index is 13.7. The van der Waals surface area contributed by atoms with Crippen molar-refractivity contribution in [3.8, 4) is 16.9 Å². The number of carboxylic acid groups (broad SMARTS) is 1. The summed E-state index contributed by atoms with van der Waals surface area (Å²) in [6.07, 6.45) is 0.157. The predicted octanol–water partition coefficient (Wildman–Crippen LogP) is 7.07. The number of rotatable bonds is 9. The smallest absolute Gasteiger partial charge is 0.326 e. The first-order valence-corrected chi connectivity index (χ1v) is 12.7. The molecule has 1 heterocycles. The molecule has 36 heavy (non-hydrogen) atoms. The van der Waals surface area contributed by atoms with Gasteiger partial charge in [0.25, 0.3) is 5.91 Å². The molecule has 0 aliphatic heterocycles. The summed E-state index contributed by atoms with van der Waals surface area (Å²) in [4.78, 5) is 28.3. The topological polar surface area (TPSA) is 66.8 Å². The Balaban J connectivity index is 1.68. The highest BCUT2D eigenvalue weighted by Crippen LogP contribution is 2.30. The monoisotopic (exact) mass is 539 g/mol. The van der Waals surface area contributed by atoms with Gasteiger partial charge in [-0.3, -0.25) is 4.79 Å². The average Bonchev–Trinajstić information content (AvgIpc) is 3.35. The van der Waals surface area contributed by atoms with E-state index in [1.165, 1.54) is 28.4 Å². The number of aliphatic carboxylic acids is 1. The van der Waals surface area contributed by atoms with Gasteiger partial charge in [0.1, 0.15) is 11.8 Å². The van der Waals surface area contributed by atoms with Crippen LogP contribution in [0.2, 0.25) is 10.0 Å². The minimum Gasteiger partial charge on any atom is -0.497 e. The van der Waals surface area contributed by atoms with Crippen LogP contribution in [0.3, 0.4) is 0 Å². The highest BCUT2D eigenvalue weighted by Gasteiger charge is 2.32. The molecule has 0 saturated heterocycles. The van der Waals surface area contributed by atoms with Crippen LogP contribution >= 0.6 is 34.5 Å². The summed E-state index contributed by atoms with van der Waals surface area (Å²) in [7, 11) is 1.62. The molecule has 5 nitrogen and oxygen atoms in total. The molecule has 0 bridgehead atoms. The third-order valence-electron chi connectivity index (χ3n) is 5.76. The molecular formula is C28H23Cl2NO4S. The third kappa shape index (κ3) is 6.08. The molecule has 0 fully saturated rings. The Morgan fingerprint density at radius 2 is 1.69 bits per heavy atom. The highest BCUT2D eigenvalue weighted by atomic mass is 35.5. The number of carbonyl (C=O) groups is 2. The fourth-order valence-corrected chi connectivity index (χ4v) is 5.26. The third-order valence-corrected chi connectivity index (χ3v) is 7.23. The molecule has 0 saturated carbocycles. The molecule has 4 aromatic rings. The summed E-state index contributed by atoms with van der Waals surface area (Å²) in [6, 6.07) is 22.4. The van der Waals surface area contributed by atoms with Crippen molar-refractivity contribution in [2.75, 3.05) is 7.11 Å². The first-order valence-electron chi connectivity index (χ1n) is 11.1. The van der Waals surface area contributed by atoms with Gasteiger partial charge in [0.2, 0.25) is 0 Å². The average molecular weight is 540 g/mol. The van der Waals surface area contributed by atoms with Crippen LogP contribution in [0, 0.1) is 0 Å². The maximum Gasteiger partial charge on any atom is 0.326 e. The largest absolute Gasteiger partial charge is 0.497 e. The first kappa shape index (κ1) is 25.8. The van der Waals surface area contributed by atoms with E-state index in [9.17, 15) is 14.7 Å². The van der Waals surface area contributed by atoms with Crippen molar-refractivity contribution < 1.29 is 19.4 Å². The fraction of sp³-hybridized carbons (Fsp3) is 0.143. The molecule has 1 N–H and O–H groups in total. The number of carbonyl (C=O) groups excluding carboxylic acids is 1. The number of methoxy groups -OCH3 is 1. The van der Waals surface area contributed by atoms with E-state index in [0.29, 0.717) is 5.02 Å². The van der Waals surface area contributed by atoms with Gasteiger partial charge in [-0.05, 0) is 58.5 Å². The van der Waals surface area contributed by atoms with E-state index < -0.39 is 17.9 Å². The Bertz CT molecular complexity index is 1360. The van der Waals surface area contributed by atoms with Crippen LogP contribution in [0.15, 0.2) is 84.2 Å². The van der Waals surface area contributed by atoms with Crippen LogP contribution < -0.4 is 4.74 Å². The van der Waals surface area contributed by atoms with Crippen LogP contribution in [0.4, 0.5) is 0 Å².